The zero-order valence-corrected chi connectivity index (χ0v) is 9.01. The topological polar surface area (TPSA) is 25.8 Å². The number of benzene rings is 1. The van der Waals surface area contributed by atoms with Crippen molar-refractivity contribution in [3.05, 3.63) is 48.2 Å². The Bertz CT molecular complexity index is 435. The summed E-state index contributed by atoms with van der Waals surface area (Å²) in [5.41, 5.74) is 3.29. The molecule has 0 saturated heterocycles. The van der Waals surface area contributed by atoms with E-state index in [2.05, 4.69) is 30.1 Å². The lowest BCUT2D eigenvalue weighted by Gasteiger charge is -2.05. The van der Waals surface area contributed by atoms with E-state index in [-0.39, 0.29) is 0 Å². The molecule has 0 aliphatic rings. The van der Waals surface area contributed by atoms with E-state index in [1.807, 2.05) is 36.5 Å². The Kier molecular flexibility index (Phi) is 2.77. The van der Waals surface area contributed by atoms with Gasteiger partial charge in [-0.25, -0.2) is 0 Å². The summed E-state index contributed by atoms with van der Waals surface area (Å²) in [4.78, 5) is 0. The molecule has 0 bridgehead atoms. The molecule has 2 nitrogen and oxygen atoms in total. The maximum Gasteiger partial charge on any atom is 0.0932 e. The minimum atomic E-state index is 0.489. The van der Waals surface area contributed by atoms with Crippen LogP contribution in [0.3, 0.4) is 0 Å². The molecule has 0 amide bonds. The quantitative estimate of drug-likeness (QED) is 0.740. The lowest BCUT2D eigenvalue weighted by Crippen LogP contribution is -1.93. The SMILES string of the molecule is CC(C)c1cnnc(-c2ccccc2)c1. The van der Waals surface area contributed by atoms with Crippen molar-refractivity contribution < 1.29 is 0 Å². The van der Waals surface area contributed by atoms with Crippen LogP contribution in [0.4, 0.5) is 0 Å². The normalized spacial score (nSPS) is 10.6. The molecule has 1 aromatic heterocycles. The van der Waals surface area contributed by atoms with E-state index in [1.165, 1.54) is 5.56 Å². The number of nitrogens with zero attached hydrogens (tertiary/aromatic N) is 2. The molecule has 0 fully saturated rings. The molecule has 0 aliphatic carbocycles. The third kappa shape index (κ3) is 2.21. The molecular weight excluding hydrogens is 184 g/mol. The highest BCUT2D eigenvalue weighted by Crippen LogP contribution is 2.20. The average molecular weight is 198 g/mol. The predicted molar refractivity (Wildman–Crippen MR) is 61.6 cm³/mol. The van der Waals surface area contributed by atoms with Gasteiger partial charge in [0.2, 0.25) is 0 Å². The molecule has 0 aliphatic heterocycles. The summed E-state index contributed by atoms with van der Waals surface area (Å²) in [6.45, 7) is 4.32. The zero-order valence-electron chi connectivity index (χ0n) is 9.01. The Morgan fingerprint density at radius 1 is 1.07 bits per heavy atom. The Morgan fingerprint density at radius 2 is 1.80 bits per heavy atom. The summed E-state index contributed by atoms with van der Waals surface area (Å²) in [7, 11) is 0. The second-order valence-electron chi connectivity index (χ2n) is 3.89. The summed E-state index contributed by atoms with van der Waals surface area (Å²) in [5, 5.41) is 8.17. The fourth-order valence-electron chi connectivity index (χ4n) is 1.45. The van der Waals surface area contributed by atoms with Crippen LogP contribution in [0.2, 0.25) is 0 Å². The molecule has 15 heavy (non-hydrogen) atoms. The van der Waals surface area contributed by atoms with Gasteiger partial charge in [0.15, 0.2) is 0 Å². The summed E-state index contributed by atoms with van der Waals surface area (Å²) >= 11 is 0. The van der Waals surface area contributed by atoms with Gasteiger partial charge < -0.3 is 0 Å². The zero-order chi connectivity index (χ0) is 10.7. The molecule has 0 radical (unpaired) electrons. The summed E-state index contributed by atoms with van der Waals surface area (Å²) < 4.78 is 0. The van der Waals surface area contributed by atoms with Gasteiger partial charge in [0.05, 0.1) is 11.9 Å². The number of hydrogen-bond acceptors (Lipinski definition) is 2. The van der Waals surface area contributed by atoms with Crippen LogP contribution in [-0.2, 0) is 0 Å². The van der Waals surface area contributed by atoms with Gasteiger partial charge in [-0.05, 0) is 17.5 Å². The highest BCUT2D eigenvalue weighted by Gasteiger charge is 2.03. The van der Waals surface area contributed by atoms with Crippen molar-refractivity contribution in [1.82, 2.24) is 10.2 Å². The second kappa shape index (κ2) is 4.22. The maximum absolute atomic E-state index is 4.14. The molecule has 0 atom stereocenters. The van der Waals surface area contributed by atoms with E-state index in [0.717, 1.165) is 11.3 Å². The van der Waals surface area contributed by atoms with Crippen LogP contribution in [-0.4, -0.2) is 10.2 Å². The van der Waals surface area contributed by atoms with Crippen molar-refractivity contribution in [3.63, 3.8) is 0 Å². The monoisotopic (exact) mass is 198 g/mol. The first-order chi connectivity index (χ1) is 7.27. The van der Waals surface area contributed by atoms with Gasteiger partial charge in [-0.3, -0.25) is 0 Å². The highest BCUT2D eigenvalue weighted by atomic mass is 15.1. The average Bonchev–Trinajstić information content (AvgIpc) is 2.30. The number of rotatable bonds is 2. The lowest BCUT2D eigenvalue weighted by atomic mass is 10.0. The molecule has 0 saturated carbocycles. The third-order valence-corrected chi connectivity index (χ3v) is 2.41. The molecule has 1 aromatic carbocycles. The molecule has 2 heteroatoms. The second-order valence-corrected chi connectivity index (χ2v) is 3.89. The van der Waals surface area contributed by atoms with Gasteiger partial charge in [0, 0.05) is 5.56 Å². The van der Waals surface area contributed by atoms with Gasteiger partial charge >= 0.3 is 0 Å². The summed E-state index contributed by atoms with van der Waals surface area (Å²) in [6.07, 6.45) is 1.83. The van der Waals surface area contributed by atoms with Crippen LogP contribution in [0, 0.1) is 0 Å². The summed E-state index contributed by atoms with van der Waals surface area (Å²) in [6, 6.07) is 12.2. The molecule has 0 unspecified atom stereocenters. The Hall–Kier alpha value is -1.70. The highest BCUT2D eigenvalue weighted by molar-refractivity contribution is 5.58. The van der Waals surface area contributed by atoms with E-state index in [0.29, 0.717) is 5.92 Å². The van der Waals surface area contributed by atoms with Crippen molar-refractivity contribution >= 4 is 0 Å². The van der Waals surface area contributed by atoms with Crippen LogP contribution in [0.1, 0.15) is 25.3 Å². The first kappa shape index (κ1) is 9.84. The van der Waals surface area contributed by atoms with Crippen LogP contribution in [0.15, 0.2) is 42.6 Å². The molecule has 0 spiro atoms. The molecule has 1 heterocycles. The van der Waals surface area contributed by atoms with Crippen molar-refractivity contribution in [1.29, 1.82) is 0 Å². The van der Waals surface area contributed by atoms with Crippen molar-refractivity contribution in [3.8, 4) is 11.3 Å². The third-order valence-electron chi connectivity index (χ3n) is 2.41. The van der Waals surface area contributed by atoms with Crippen molar-refractivity contribution in [2.45, 2.75) is 19.8 Å². The Labute approximate surface area is 90.0 Å². The Balaban J connectivity index is 2.42. The molecule has 2 aromatic rings. The smallest absolute Gasteiger partial charge is 0.0932 e. The molecule has 76 valence electrons. The van der Waals surface area contributed by atoms with Crippen LogP contribution >= 0.6 is 0 Å². The number of aromatic nitrogens is 2. The first-order valence-electron chi connectivity index (χ1n) is 5.15. The van der Waals surface area contributed by atoms with Gasteiger partial charge in [-0.2, -0.15) is 10.2 Å². The van der Waals surface area contributed by atoms with E-state index in [9.17, 15) is 0 Å². The van der Waals surface area contributed by atoms with Crippen LogP contribution in [0.25, 0.3) is 11.3 Å². The maximum atomic E-state index is 4.14. The minimum Gasteiger partial charge on any atom is -0.158 e. The van der Waals surface area contributed by atoms with Gasteiger partial charge in [-0.15, -0.1) is 0 Å². The largest absolute Gasteiger partial charge is 0.158 e. The molecule has 2 rings (SSSR count). The van der Waals surface area contributed by atoms with E-state index >= 15 is 0 Å². The van der Waals surface area contributed by atoms with Gasteiger partial charge in [0.25, 0.3) is 0 Å². The molecule has 0 N–H and O–H groups in total. The van der Waals surface area contributed by atoms with E-state index in [4.69, 9.17) is 0 Å². The fourth-order valence-corrected chi connectivity index (χ4v) is 1.45. The van der Waals surface area contributed by atoms with Gasteiger partial charge in [-0.1, -0.05) is 44.2 Å². The molecular formula is C13H14N2. The Morgan fingerprint density at radius 3 is 2.47 bits per heavy atom. The van der Waals surface area contributed by atoms with Gasteiger partial charge in [0.1, 0.15) is 0 Å². The predicted octanol–water partition coefficient (Wildman–Crippen LogP) is 3.27. The van der Waals surface area contributed by atoms with E-state index in [1.54, 1.807) is 0 Å². The lowest BCUT2D eigenvalue weighted by molar-refractivity contribution is 0.843. The standard InChI is InChI=1S/C13H14N2/c1-10(2)12-8-13(15-14-9-12)11-6-4-3-5-7-11/h3-10H,1-2H3. The fraction of sp³-hybridized carbons (Fsp3) is 0.231. The minimum absolute atomic E-state index is 0.489. The van der Waals surface area contributed by atoms with Crippen molar-refractivity contribution in [2.24, 2.45) is 0 Å². The van der Waals surface area contributed by atoms with Crippen LogP contribution in [0.5, 0.6) is 0 Å². The first-order valence-corrected chi connectivity index (χ1v) is 5.15. The van der Waals surface area contributed by atoms with Crippen molar-refractivity contribution in [2.75, 3.05) is 0 Å². The summed E-state index contributed by atoms with van der Waals surface area (Å²) in [5.74, 6) is 0.489. The van der Waals surface area contributed by atoms with Crippen LogP contribution < -0.4 is 0 Å². The van der Waals surface area contributed by atoms with E-state index < -0.39 is 0 Å². The number of hydrogen-bond donors (Lipinski definition) is 0.